The Kier molecular flexibility index (Phi) is 4.78. The van der Waals surface area contributed by atoms with Crippen molar-refractivity contribution in [2.24, 2.45) is 0 Å². The van der Waals surface area contributed by atoms with E-state index in [9.17, 15) is 14.7 Å². The third kappa shape index (κ3) is 3.61. The number of aliphatic carboxylic acids is 1. The van der Waals surface area contributed by atoms with Crippen molar-refractivity contribution >= 4 is 11.9 Å². The van der Waals surface area contributed by atoms with Crippen LogP contribution in [-0.2, 0) is 9.59 Å². The van der Waals surface area contributed by atoms with Gasteiger partial charge in [-0.15, -0.1) is 0 Å². The number of hydrogen-bond donors (Lipinski definition) is 1. The molecule has 0 saturated carbocycles. The molecule has 0 spiro atoms. The molecule has 1 aliphatic rings. The zero-order valence-electron chi connectivity index (χ0n) is 11.2. The average Bonchev–Trinajstić information content (AvgIpc) is 2.71. The van der Waals surface area contributed by atoms with E-state index < -0.39 is 17.9 Å². The standard InChI is InChI=1S/C16H17NO3/c18-15(11-10-13-7-3-1-4-8-13)17-12-6-2-5-9-14(17)16(19)20/h1,3-4,7-8,14H,2,5-6,9,12H2,(H,19,20). The first-order valence-corrected chi connectivity index (χ1v) is 6.79. The van der Waals surface area contributed by atoms with E-state index in [1.807, 2.05) is 30.3 Å². The predicted octanol–water partition coefficient (Wildman–Crippen LogP) is 1.89. The van der Waals surface area contributed by atoms with Crippen molar-refractivity contribution in [2.75, 3.05) is 6.54 Å². The maximum atomic E-state index is 12.1. The number of carbonyl (C=O) groups is 2. The van der Waals surface area contributed by atoms with Crippen LogP contribution in [0.3, 0.4) is 0 Å². The van der Waals surface area contributed by atoms with E-state index in [2.05, 4.69) is 11.8 Å². The lowest BCUT2D eigenvalue weighted by molar-refractivity contribution is -0.148. The monoisotopic (exact) mass is 271 g/mol. The molecular formula is C16H17NO3. The molecule has 0 aromatic heterocycles. The first kappa shape index (κ1) is 14.1. The van der Waals surface area contributed by atoms with Crippen LogP contribution in [-0.4, -0.2) is 34.5 Å². The van der Waals surface area contributed by atoms with Gasteiger partial charge in [0.2, 0.25) is 0 Å². The quantitative estimate of drug-likeness (QED) is 0.794. The fourth-order valence-electron chi connectivity index (χ4n) is 2.33. The predicted molar refractivity (Wildman–Crippen MR) is 74.9 cm³/mol. The first-order valence-electron chi connectivity index (χ1n) is 6.79. The van der Waals surface area contributed by atoms with Gasteiger partial charge in [-0.05, 0) is 25.0 Å². The Balaban J connectivity index is 2.14. The van der Waals surface area contributed by atoms with Gasteiger partial charge in [0.25, 0.3) is 5.91 Å². The molecule has 1 aromatic carbocycles. The second-order valence-corrected chi connectivity index (χ2v) is 4.82. The number of nitrogens with zero attached hydrogens (tertiary/aromatic N) is 1. The fourth-order valence-corrected chi connectivity index (χ4v) is 2.33. The van der Waals surface area contributed by atoms with Crippen LogP contribution in [0.15, 0.2) is 30.3 Å². The topological polar surface area (TPSA) is 57.6 Å². The Hall–Kier alpha value is -2.28. The molecule has 4 heteroatoms. The van der Waals surface area contributed by atoms with Gasteiger partial charge < -0.3 is 10.0 Å². The summed E-state index contributed by atoms with van der Waals surface area (Å²) >= 11 is 0. The van der Waals surface area contributed by atoms with Crippen LogP contribution in [0.2, 0.25) is 0 Å². The smallest absolute Gasteiger partial charge is 0.326 e. The number of carbonyl (C=O) groups excluding carboxylic acids is 1. The summed E-state index contributed by atoms with van der Waals surface area (Å²) in [5, 5.41) is 9.23. The van der Waals surface area contributed by atoms with Gasteiger partial charge in [-0.2, -0.15) is 0 Å². The lowest BCUT2D eigenvalue weighted by Crippen LogP contribution is -2.44. The summed E-state index contributed by atoms with van der Waals surface area (Å²) < 4.78 is 0. The SMILES string of the molecule is O=C(O)C1CCCCCN1C(=O)C#Cc1ccccc1. The third-order valence-corrected chi connectivity index (χ3v) is 3.39. The largest absolute Gasteiger partial charge is 0.480 e. The minimum Gasteiger partial charge on any atom is -0.480 e. The Morgan fingerprint density at radius 3 is 2.60 bits per heavy atom. The van der Waals surface area contributed by atoms with Crippen LogP contribution in [0.1, 0.15) is 31.2 Å². The highest BCUT2D eigenvalue weighted by Crippen LogP contribution is 2.17. The van der Waals surface area contributed by atoms with Crippen molar-refractivity contribution in [3.63, 3.8) is 0 Å². The summed E-state index contributed by atoms with van der Waals surface area (Å²) in [6.45, 7) is 0.471. The molecule has 1 amide bonds. The highest BCUT2D eigenvalue weighted by Gasteiger charge is 2.29. The third-order valence-electron chi connectivity index (χ3n) is 3.39. The maximum absolute atomic E-state index is 12.1. The second-order valence-electron chi connectivity index (χ2n) is 4.82. The Morgan fingerprint density at radius 1 is 1.15 bits per heavy atom. The molecule has 2 rings (SSSR count). The molecule has 1 heterocycles. The molecule has 1 atom stereocenters. The molecule has 0 aliphatic carbocycles. The highest BCUT2D eigenvalue weighted by molar-refractivity contribution is 5.96. The molecule has 0 bridgehead atoms. The normalized spacial score (nSPS) is 18.6. The Labute approximate surface area is 118 Å². The van der Waals surface area contributed by atoms with Crippen LogP contribution >= 0.6 is 0 Å². The minimum absolute atomic E-state index is 0.400. The van der Waals surface area contributed by atoms with Gasteiger partial charge in [0, 0.05) is 18.0 Å². The molecule has 0 radical (unpaired) electrons. The lowest BCUT2D eigenvalue weighted by atomic mass is 10.1. The first-order chi connectivity index (χ1) is 9.68. The number of amides is 1. The van der Waals surface area contributed by atoms with Gasteiger partial charge in [-0.3, -0.25) is 4.79 Å². The van der Waals surface area contributed by atoms with Crippen molar-refractivity contribution < 1.29 is 14.7 Å². The van der Waals surface area contributed by atoms with Gasteiger partial charge in [-0.25, -0.2) is 4.79 Å². The average molecular weight is 271 g/mol. The fraction of sp³-hybridized carbons (Fsp3) is 0.375. The van der Waals surface area contributed by atoms with Crippen molar-refractivity contribution in [1.29, 1.82) is 0 Å². The molecule has 20 heavy (non-hydrogen) atoms. The van der Waals surface area contributed by atoms with Crippen molar-refractivity contribution in [3.8, 4) is 11.8 Å². The molecule has 1 N–H and O–H groups in total. The van der Waals surface area contributed by atoms with E-state index in [1.54, 1.807) is 0 Å². The van der Waals surface area contributed by atoms with E-state index in [1.165, 1.54) is 4.90 Å². The summed E-state index contributed by atoms with van der Waals surface area (Å²) in [7, 11) is 0. The second kappa shape index (κ2) is 6.76. The highest BCUT2D eigenvalue weighted by atomic mass is 16.4. The number of likely N-dealkylation sites (tertiary alicyclic amines) is 1. The summed E-state index contributed by atoms with van der Waals surface area (Å²) in [5.74, 6) is 4.00. The van der Waals surface area contributed by atoms with Crippen LogP contribution < -0.4 is 0 Å². The van der Waals surface area contributed by atoms with Gasteiger partial charge in [0.05, 0.1) is 0 Å². The summed E-state index contributed by atoms with van der Waals surface area (Å²) in [5.41, 5.74) is 0.752. The lowest BCUT2D eigenvalue weighted by Gasteiger charge is -2.24. The number of hydrogen-bond acceptors (Lipinski definition) is 2. The van der Waals surface area contributed by atoms with E-state index >= 15 is 0 Å². The van der Waals surface area contributed by atoms with Gasteiger partial charge >= 0.3 is 5.97 Å². The molecule has 1 aliphatic heterocycles. The molecule has 1 unspecified atom stereocenters. The molecule has 4 nitrogen and oxygen atoms in total. The number of carboxylic acids is 1. The van der Waals surface area contributed by atoms with Crippen molar-refractivity contribution in [3.05, 3.63) is 35.9 Å². The van der Waals surface area contributed by atoms with Crippen LogP contribution in [0.5, 0.6) is 0 Å². The maximum Gasteiger partial charge on any atom is 0.326 e. The van der Waals surface area contributed by atoms with Crippen LogP contribution in [0.25, 0.3) is 0 Å². The summed E-state index contributed by atoms with van der Waals surface area (Å²) in [6.07, 6.45) is 3.14. The Bertz CT molecular complexity index is 542. The summed E-state index contributed by atoms with van der Waals surface area (Å²) in [4.78, 5) is 24.8. The minimum atomic E-state index is -0.943. The van der Waals surface area contributed by atoms with Gasteiger partial charge in [0.1, 0.15) is 6.04 Å². The van der Waals surface area contributed by atoms with Crippen LogP contribution in [0, 0.1) is 11.8 Å². The summed E-state index contributed by atoms with van der Waals surface area (Å²) in [6, 6.07) is 8.47. The molecule has 1 saturated heterocycles. The molecule has 104 valence electrons. The zero-order valence-corrected chi connectivity index (χ0v) is 11.2. The Morgan fingerprint density at radius 2 is 1.90 bits per heavy atom. The zero-order chi connectivity index (χ0) is 14.4. The number of rotatable bonds is 1. The van der Waals surface area contributed by atoms with E-state index in [-0.39, 0.29) is 0 Å². The van der Waals surface area contributed by atoms with Crippen molar-refractivity contribution in [1.82, 2.24) is 4.90 Å². The number of carboxylic acid groups (broad SMARTS) is 1. The molecule has 1 aromatic rings. The molecule has 1 fully saturated rings. The van der Waals surface area contributed by atoms with E-state index in [4.69, 9.17) is 0 Å². The van der Waals surface area contributed by atoms with Crippen LogP contribution in [0.4, 0.5) is 0 Å². The van der Waals surface area contributed by atoms with E-state index in [0.717, 1.165) is 24.8 Å². The molecular weight excluding hydrogens is 254 g/mol. The van der Waals surface area contributed by atoms with Gasteiger partial charge in [0.15, 0.2) is 0 Å². The van der Waals surface area contributed by atoms with Crippen molar-refractivity contribution in [2.45, 2.75) is 31.7 Å². The van der Waals surface area contributed by atoms with E-state index in [0.29, 0.717) is 13.0 Å². The number of benzene rings is 1. The van der Waals surface area contributed by atoms with Gasteiger partial charge in [-0.1, -0.05) is 37.0 Å².